The summed E-state index contributed by atoms with van der Waals surface area (Å²) in [6.45, 7) is 6.28. The van der Waals surface area contributed by atoms with E-state index in [0.29, 0.717) is 59.8 Å². The fraction of sp³-hybridized carbons (Fsp3) is 0.735. The van der Waals surface area contributed by atoms with Crippen LogP contribution in [0.1, 0.15) is 123 Å². The minimum absolute atomic E-state index is 0.000360. The number of likely N-dealkylation sites (N-methyl/N-ethyl adjacent to an activating group) is 2. The molecule has 20 heteroatoms. The molecule has 0 bridgehead atoms. The molecule has 7 rings (SSSR count). The third-order valence-corrected chi connectivity index (χ3v) is 15.4. The predicted octanol–water partition coefficient (Wildman–Crippen LogP) is 5.15. The van der Waals surface area contributed by atoms with E-state index in [1.165, 1.54) is 23.9 Å². The number of nitrogens with one attached hydrogen (secondary N) is 4. The van der Waals surface area contributed by atoms with Crippen LogP contribution in [0.3, 0.4) is 0 Å². The molecule has 69 heavy (non-hydrogen) atoms. The van der Waals surface area contributed by atoms with Gasteiger partial charge in [0.2, 0.25) is 41.4 Å². The highest BCUT2D eigenvalue weighted by Gasteiger charge is 2.74. The zero-order chi connectivity index (χ0) is 50.4. The molecule has 1 spiro atoms. The zero-order valence-corrected chi connectivity index (χ0v) is 41.2. The molecule has 4 saturated carbocycles. The van der Waals surface area contributed by atoms with Gasteiger partial charge in [-0.2, -0.15) is 13.2 Å². The van der Waals surface area contributed by atoms with Crippen LogP contribution in [0, 0.1) is 22.7 Å². The lowest BCUT2D eigenvalue weighted by Gasteiger charge is -2.60. The second-order valence-corrected chi connectivity index (χ2v) is 22.1. The maximum Gasteiger partial charge on any atom is 0.403 e. The van der Waals surface area contributed by atoms with Gasteiger partial charge in [-0.25, -0.2) is 4.39 Å². The topological polar surface area (TPSA) is 187 Å². The van der Waals surface area contributed by atoms with E-state index in [4.69, 9.17) is 16.3 Å². The van der Waals surface area contributed by atoms with Crippen molar-refractivity contribution in [3.63, 3.8) is 0 Å². The van der Waals surface area contributed by atoms with Crippen LogP contribution in [-0.4, -0.2) is 137 Å². The summed E-state index contributed by atoms with van der Waals surface area (Å²) in [5, 5.41) is 11.6. The molecular formula is C49H68ClF4N7O8. The number of hydrogen-bond donors (Lipinski definition) is 4. The Bertz CT molecular complexity index is 2160. The van der Waals surface area contributed by atoms with Crippen molar-refractivity contribution in [2.75, 3.05) is 27.2 Å². The first-order valence-electron chi connectivity index (χ1n) is 24.6. The van der Waals surface area contributed by atoms with E-state index >= 15 is 4.39 Å². The standard InChI is InChI=1S/C49H68ClF4N7O8/c1-27(2)20-33-42(65)60(6)35(22-29-21-30(50)13-16-37(29)69-32-14-15-32)41(64)58-46(3,4)44(67)55-19-8-7-10-34(39(62)56-33)59(5)43(66)38(28-11-12-28)57-40(63)36-23-31(51)24-61(36)45(68)48(49(52,53)54)25-47(26-48)17-9-18-47/h13,16,21,27-28,31-36,38H,7-12,14-15,17-20,22-26H2,1-6H3,(H,55,67)(H,56,62)(H,57,63)(H,58,64)/t31-,33+,34+,35+,36+,38+/m1/s1. The van der Waals surface area contributed by atoms with E-state index < -0.39 is 132 Å². The summed E-state index contributed by atoms with van der Waals surface area (Å²) in [5.41, 5.74) is -4.16. The number of ether oxygens (including phenoxy) is 1. The Kier molecular flexibility index (Phi) is 15.3. The highest BCUT2D eigenvalue weighted by molar-refractivity contribution is 6.30. The zero-order valence-electron chi connectivity index (χ0n) is 40.4. The largest absolute Gasteiger partial charge is 0.490 e. The summed E-state index contributed by atoms with van der Waals surface area (Å²) >= 11 is 6.44. The number of benzene rings is 1. The van der Waals surface area contributed by atoms with Crippen LogP contribution in [0.15, 0.2) is 18.2 Å². The number of alkyl halides is 4. The Balaban J connectivity index is 1.12. The predicted molar refractivity (Wildman–Crippen MR) is 246 cm³/mol. The number of carbonyl (C=O) groups is 7. The molecule has 2 aliphatic heterocycles. The first-order valence-corrected chi connectivity index (χ1v) is 24.9. The van der Waals surface area contributed by atoms with Gasteiger partial charge in [-0.05, 0) is 132 Å². The van der Waals surface area contributed by atoms with Gasteiger partial charge in [0.05, 0.1) is 12.6 Å². The summed E-state index contributed by atoms with van der Waals surface area (Å²) in [6.07, 6.45) is -2.56. The van der Waals surface area contributed by atoms with Crippen molar-refractivity contribution in [3.05, 3.63) is 28.8 Å². The van der Waals surface area contributed by atoms with Gasteiger partial charge < -0.3 is 40.7 Å². The highest BCUT2D eigenvalue weighted by atomic mass is 35.5. The van der Waals surface area contributed by atoms with E-state index in [2.05, 4.69) is 21.3 Å². The summed E-state index contributed by atoms with van der Waals surface area (Å²) in [4.78, 5) is 103. The number of halogens is 5. The number of likely N-dealkylation sites (tertiary alicyclic amines) is 1. The molecule has 4 aliphatic carbocycles. The smallest absolute Gasteiger partial charge is 0.403 e. The van der Waals surface area contributed by atoms with Gasteiger partial charge in [0.15, 0.2) is 0 Å². The van der Waals surface area contributed by atoms with Crippen LogP contribution in [0.25, 0.3) is 0 Å². The molecule has 7 amide bonds. The van der Waals surface area contributed by atoms with Crippen molar-refractivity contribution in [1.29, 1.82) is 0 Å². The molecule has 2 saturated heterocycles. The number of carbonyl (C=O) groups excluding carboxylic acids is 7. The van der Waals surface area contributed by atoms with Crippen molar-refractivity contribution >= 4 is 53.0 Å². The molecule has 6 atom stereocenters. The van der Waals surface area contributed by atoms with E-state index in [0.717, 1.165) is 19.3 Å². The van der Waals surface area contributed by atoms with Crippen molar-refractivity contribution in [3.8, 4) is 5.75 Å². The van der Waals surface area contributed by atoms with E-state index in [1.807, 2.05) is 13.8 Å². The maximum atomic E-state index is 15.1. The quantitative estimate of drug-likeness (QED) is 0.207. The van der Waals surface area contributed by atoms with Gasteiger partial charge in [-0.3, -0.25) is 33.6 Å². The molecule has 0 radical (unpaired) electrons. The summed E-state index contributed by atoms with van der Waals surface area (Å²) in [7, 11) is 2.83. The number of nitrogens with zero attached hydrogens (tertiary/aromatic N) is 3. The van der Waals surface area contributed by atoms with Crippen molar-refractivity contribution in [1.82, 2.24) is 36.0 Å². The monoisotopic (exact) mass is 993 g/mol. The van der Waals surface area contributed by atoms with Gasteiger partial charge in [0.1, 0.15) is 53.1 Å². The number of amides is 7. The fourth-order valence-electron chi connectivity index (χ4n) is 10.7. The molecule has 4 N–H and O–H groups in total. The molecule has 15 nitrogen and oxygen atoms in total. The van der Waals surface area contributed by atoms with Gasteiger partial charge in [0.25, 0.3) is 0 Å². The third-order valence-electron chi connectivity index (χ3n) is 15.2. The molecule has 1 aromatic carbocycles. The minimum Gasteiger partial charge on any atom is -0.490 e. The molecule has 0 unspecified atom stereocenters. The molecule has 1 aromatic rings. The van der Waals surface area contributed by atoms with Crippen LogP contribution >= 0.6 is 11.6 Å². The lowest BCUT2D eigenvalue weighted by atomic mass is 9.44. The second kappa shape index (κ2) is 20.2. The van der Waals surface area contributed by atoms with Crippen LogP contribution < -0.4 is 26.0 Å². The third kappa shape index (κ3) is 11.4. The van der Waals surface area contributed by atoms with Crippen LogP contribution in [-0.2, 0) is 40.0 Å². The van der Waals surface area contributed by atoms with E-state index in [9.17, 15) is 46.7 Å². The number of rotatable bonds is 12. The van der Waals surface area contributed by atoms with Gasteiger partial charge in [-0.15, -0.1) is 0 Å². The van der Waals surface area contributed by atoms with E-state index in [1.54, 1.807) is 32.0 Å². The Hall–Kier alpha value is -4.68. The van der Waals surface area contributed by atoms with Crippen molar-refractivity contribution in [2.24, 2.45) is 22.7 Å². The van der Waals surface area contributed by atoms with E-state index in [-0.39, 0.29) is 37.8 Å². The SMILES string of the molecule is CC(C)C[C@@H]1NC(=O)[C@@H](N(C)C(=O)[C@@H](NC(=O)[C@@H]2C[C@@H](F)CN2C(=O)C2(C(F)(F)F)CC3(CCC3)C2)C2CC2)CCCCNC(=O)C(C)(C)NC(=O)[C@H](Cc2cc(Cl)ccc2OC2CC2)N(C)C1=O. The fourth-order valence-corrected chi connectivity index (χ4v) is 10.9. The Morgan fingerprint density at radius 2 is 1.67 bits per heavy atom. The molecule has 2 heterocycles. The summed E-state index contributed by atoms with van der Waals surface area (Å²) in [5.74, 6) is -5.46. The Morgan fingerprint density at radius 3 is 2.26 bits per heavy atom. The summed E-state index contributed by atoms with van der Waals surface area (Å²) in [6, 6.07) is -1.45. The number of hydrogen-bond acceptors (Lipinski definition) is 8. The lowest BCUT2D eigenvalue weighted by Crippen LogP contribution is -2.66. The second-order valence-electron chi connectivity index (χ2n) is 21.7. The lowest BCUT2D eigenvalue weighted by molar-refractivity contribution is -0.285. The Labute approximate surface area is 406 Å². The average molecular weight is 995 g/mol. The summed E-state index contributed by atoms with van der Waals surface area (Å²) < 4.78 is 65.3. The van der Waals surface area contributed by atoms with Gasteiger partial charge in [0, 0.05) is 38.5 Å². The van der Waals surface area contributed by atoms with Crippen LogP contribution in [0.5, 0.6) is 5.75 Å². The first kappa shape index (κ1) is 52.2. The normalized spacial score (nSPS) is 27.9. The molecule has 6 aliphatic rings. The average Bonchev–Trinajstić information content (AvgIpc) is 4.19. The molecular weight excluding hydrogens is 926 g/mol. The first-order chi connectivity index (χ1) is 32.3. The highest BCUT2D eigenvalue weighted by Crippen LogP contribution is 2.69. The maximum absolute atomic E-state index is 15.1. The van der Waals surface area contributed by atoms with Crippen LogP contribution in [0.4, 0.5) is 17.6 Å². The van der Waals surface area contributed by atoms with Gasteiger partial charge in [-0.1, -0.05) is 31.9 Å². The van der Waals surface area contributed by atoms with Crippen molar-refractivity contribution in [2.45, 2.75) is 178 Å². The van der Waals surface area contributed by atoms with Crippen LogP contribution in [0.2, 0.25) is 5.02 Å². The van der Waals surface area contributed by atoms with Crippen molar-refractivity contribution < 1.29 is 55.9 Å². The Morgan fingerprint density at radius 1 is 0.986 bits per heavy atom. The minimum atomic E-state index is -4.90. The molecule has 382 valence electrons. The molecule has 6 fully saturated rings. The molecule has 0 aromatic heterocycles. The van der Waals surface area contributed by atoms with Gasteiger partial charge >= 0.3 is 6.18 Å².